The second-order valence-corrected chi connectivity index (χ2v) is 8.42. The van der Waals surface area contributed by atoms with Gasteiger partial charge in [-0.2, -0.15) is 0 Å². The summed E-state index contributed by atoms with van der Waals surface area (Å²) in [5, 5.41) is 14.0. The average Bonchev–Trinajstić information content (AvgIpc) is 2.52. The number of aliphatic hydroxyl groups excluding tert-OH is 1. The molecule has 2 N–H and O–H groups in total. The van der Waals surface area contributed by atoms with Crippen molar-refractivity contribution in [3.8, 4) is 0 Å². The number of carbonyl (C=O) groups is 2. The topological polar surface area (TPSA) is 78.9 Å². The van der Waals surface area contributed by atoms with Gasteiger partial charge < -0.3 is 15.2 Å². The first-order valence-corrected chi connectivity index (χ1v) is 9.82. The Balaban J connectivity index is 2.32. The van der Waals surface area contributed by atoms with E-state index in [0.717, 1.165) is 10.5 Å². The van der Waals surface area contributed by atoms with Gasteiger partial charge in [0, 0.05) is 23.2 Å². The molecule has 1 aliphatic rings. The summed E-state index contributed by atoms with van der Waals surface area (Å²) >= 11 is 11.6. The van der Waals surface area contributed by atoms with Crippen molar-refractivity contribution in [3.63, 3.8) is 0 Å². The number of hydrogen-bond donors (Lipinski definition) is 2. The molecule has 1 unspecified atom stereocenters. The first-order chi connectivity index (χ1) is 13.0. The van der Waals surface area contributed by atoms with E-state index in [9.17, 15) is 14.7 Å². The van der Waals surface area contributed by atoms with Gasteiger partial charge in [0.25, 0.3) is 5.91 Å². The Hall–Kier alpha value is -2.12. The highest BCUT2D eigenvalue weighted by Gasteiger charge is 2.40. The van der Waals surface area contributed by atoms with Crippen molar-refractivity contribution in [1.29, 1.82) is 0 Å². The number of halogens is 1. The van der Waals surface area contributed by atoms with Crippen LogP contribution >= 0.6 is 23.8 Å². The zero-order valence-electron chi connectivity index (χ0n) is 16.6. The van der Waals surface area contributed by atoms with Crippen LogP contribution < -0.4 is 5.32 Å². The lowest BCUT2D eigenvalue weighted by Gasteiger charge is -2.34. The molecule has 1 aromatic rings. The summed E-state index contributed by atoms with van der Waals surface area (Å²) in [7, 11) is 0. The van der Waals surface area contributed by atoms with Gasteiger partial charge in [-0.05, 0) is 51.8 Å². The summed E-state index contributed by atoms with van der Waals surface area (Å²) in [6, 6.07) is 4.77. The highest BCUT2D eigenvalue weighted by molar-refractivity contribution is 7.81. The van der Waals surface area contributed by atoms with Crippen LogP contribution in [0.15, 0.2) is 29.5 Å². The number of ether oxygens (including phenoxy) is 1. The predicted octanol–water partition coefficient (Wildman–Crippen LogP) is 5.01. The van der Waals surface area contributed by atoms with Gasteiger partial charge in [0.05, 0.1) is 0 Å². The molecular formula is C20H25ClN2O4S. The Kier molecular flexibility index (Phi) is 6.72. The van der Waals surface area contributed by atoms with Gasteiger partial charge in [-0.3, -0.25) is 4.79 Å². The maximum absolute atomic E-state index is 13.0. The van der Waals surface area contributed by atoms with Crippen molar-refractivity contribution < 1.29 is 19.4 Å². The molecule has 1 aromatic carbocycles. The smallest absolute Gasteiger partial charge is 0.417 e. The lowest BCUT2D eigenvalue weighted by Crippen LogP contribution is -2.50. The molecule has 0 saturated heterocycles. The van der Waals surface area contributed by atoms with Crippen LogP contribution in [0.1, 0.15) is 46.6 Å². The third-order valence-corrected chi connectivity index (χ3v) is 4.85. The van der Waals surface area contributed by atoms with E-state index in [-0.39, 0.29) is 22.7 Å². The second kappa shape index (κ2) is 8.49. The van der Waals surface area contributed by atoms with Crippen LogP contribution in [0, 0.1) is 0 Å². The number of thiocarbonyl (C=S) groups is 1. The van der Waals surface area contributed by atoms with Gasteiger partial charge >= 0.3 is 6.09 Å². The fourth-order valence-electron chi connectivity index (χ4n) is 2.94. The SMILES string of the molecule is CCc1c(Cl)cccc1NC(=S)C1=C(O)CC(C)N(C(=O)OC(C)(C)C)C1=O. The molecule has 0 aliphatic carbocycles. The van der Waals surface area contributed by atoms with Crippen LogP contribution in [-0.4, -0.2) is 38.6 Å². The maximum atomic E-state index is 13.0. The zero-order valence-corrected chi connectivity index (χ0v) is 18.2. The molecule has 8 heteroatoms. The van der Waals surface area contributed by atoms with E-state index in [0.29, 0.717) is 17.1 Å². The summed E-state index contributed by atoms with van der Waals surface area (Å²) in [4.78, 5) is 26.5. The normalized spacial score (nSPS) is 17.6. The lowest BCUT2D eigenvalue weighted by molar-refractivity contribution is -0.128. The average molecular weight is 425 g/mol. The molecule has 6 nitrogen and oxygen atoms in total. The van der Waals surface area contributed by atoms with Crippen molar-refractivity contribution in [2.75, 3.05) is 5.32 Å². The Morgan fingerprint density at radius 3 is 2.64 bits per heavy atom. The summed E-state index contributed by atoms with van der Waals surface area (Å²) in [6.45, 7) is 8.77. The van der Waals surface area contributed by atoms with Gasteiger partial charge in [-0.15, -0.1) is 0 Å². The Labute approximate surface area is 175 Å². The largest absolute Gasteiger partial charge is 0.511 e. The minimum atomic E-state index is -0.769. The first-order valence-electron chi connectivity index (χ1n) is 9.03. The second-order valence-electron chi connectivity index (χ2n) is 7.60. The van der Waals surface area contributed by atoms with Crippen LogP contribution in [0.2, 0.25) is 5.02 Å². The molecule has 1 heterocycles. The van der Waals surface area contributed by atoms with Gasteiger partial charge in [-0.25, -0.2) is 9.69 Å². The number of rotatable bonds is 3. The molecule has 0 aromatic heterocycles. The minimum absolute atomic E-state index is 0.0277. The standard InChI is InChI=1S/C20H25ClN2O4S/c1-6-12-13(21)8-7-9-14(12)22-17(28)16-15(24)10-11(2)23(18(16)25)19(26)27-20(3,4)5/h7-9,11,24H,6,10H2,1-5H3,(H,22,28). The molecule has 1 atom stereocenters. The number of imide groups is 1. The van der Waals surface area contributed by atoms with E-state index in [2.05, 4.69) is 5.32 Å². The van der Waals surface area contributed by atoms with E-state index >= 15 is 0 Å². The monoisotopic (exact) mass is 424 g/mol. The van der Waals surface area contributed by atoms with Gasteiger partial charge in [0.15, 0.2) is 0 Å². The molecule has 2 amide bonds. The Morgan fingerprint density at radius 2 is 2.07 bits per heavy atom. The number of hydrogen-bond acceptors (Lipinski definition) is 5. The van der Waals surface area contributed by atoms with Crippen LogP contribution in [0.3, 0.4) is 0 Å². The highest BCUT2D eigenvalue weighted by Crippen LogP contribution is 2.29. The van der Waals surface area contributed by atoms with Crippen molar-refractivity contribution >= 4 is 46.5 Å². The zero-order chi connectivity index (χ0) is 21.2. The maximum Gasteiger partial charge on any atom is 0.417 e. The molecule has 0 spiro atoms. The molecule has 1 aliphatic heterocycles. The number of amides is 2. The predicted molar refractivity (Wildman–Crippen MR) is 114 cm³/mol. The molecule has 0 fully saturated rings. The van der Waals surface area contributed by atoms with Gasteiger partial charge in [0.2, 0.25) is 0 Å². The lowest BCUT2D eigenvalue weighted by atomic mass is 10.0. The number of carbonyl (C=O) groups excluding carboxylic acids is 2. The Morgan fingerprint density at radius 1 is 1.43 bits per heavy atom. The van der Waals surface area contributed by atoms with Crippen molar-refractivity contribution in [2.45, 2.75) is 59.1 Å². The van der Waals surface area contributed by atoms with E-state index in [1.807, 2.05) is 6.92 Å². The fraction of sp³-hybridized carbons (Fsp3) is 0.450. The highest BCUT2D eigenvalue weighted by atomic mass is 35.5. The van der Waals surface area contributed by atoms with E-state index in [1.54, 1.807) is 45.9 Å². The van der Waals surface area contributed by atoms with E-state index < -0.39 is 23.6 Å². The van der Waals surface area contributed by atoms with Crippen LogP contribution in [0.4, 0.5) is 10.5 Å². The summed E-state index contributed by atoms with van der Waals surface area (Å²) < 4.78 is 5.33. The van der Waals surface area contributed by atoms with E-state index in [1.165, 1.54) is 0 Å². The van der Waals surface area contributed by atoms with Gasteiger partial charge in [0.1, 0.15) is 21.9 Å². The summed E-state index contributed by atoms with van der Waals surface area (Å²) in [6.07, 6.45) is -0.0157. The molecule has 0 radical (unpaired) electrons. The Bertz CT molecular complexity index is 845. The number of anilines is 1. The minimum Gasteiger partial charge on any atom is -0.511 e. The molecule has 0 bridgehead atoms. The summed E-state index contributed by atoms with van der Waals surface area (Å²) in [5.74, 6) is -0.849. The van der Waals surface area contributed by atoms with Crippen molar-refractivity contribution in [2.24, 2.45) is 0 Å². The molecule has 2 rings (SSSR count). The molecule has 0 saturated carbocycles. The number of benzene rings is 1. The molecule has 152 valence electrons. The van der Waals surface area contributed by atoms with Crippen LogP contribution in [-0.2, 0) is 16.0 Å². The van der Waals surface area contributed by atoms with Crippen molar-refractivity contribution in [3.05, 3.63) is 40.1 Å². The number of nitrogens with one attached hydrogen (secondary N) is 1. The number of aliphatic hydroxyl groups is 1. The fourth-order valence-corrected chi connectivity index (χ4v) is 3.56. The number of nitrogens with zero attached hydrogens (tertiary/aromatic N) is 1. The third-order valence-electron chi connectivity index (χ3n) is 4.19. The van der Waals surface area contributed by atoms with Crippen molar-refractivity contribution in [1.82, 2.24) is 4.90 Å². The quantitative estimate of drug-likeness (QED) is 0.664. The van der Waals surface area contributed by atoms with E-state index in [4.69, 9.17) is 28.6 Å². The molecular weight excluding hydrogens is 400 g/mol. The third kappa shape index (κ3) is 4.83. The van der Waals surface area contributed by atoms with Gasteiger partial charge in [-0.1, -0.05) is 36.8 Å². The van der Waals surface area contributed by atoms with Crippen LogP contribution in [0.5, 0.6) is 0 Å². The summed E-state index contributed by atoms with van der Waals surface area (Å²) in [5.41, 5.74) is 0.625. The first kappa shape index (κ1) is 22.2. The van der Waals surface area contributed by atoms with Crippen LogP contribution in [0.25, 0.3) is 0 Å². The molecule has 28 heavy (non-hydrogen) atoms.